The van der Waals surface area contributed by atoms with Crippen molar-refractivity contribution in [3.05, 3.63) is 46.2 Å². The van der Waals surface area contributed by atoms with Crippen LogP contribution < -0.4 is 0 Å². The minimum atomic E-state index is 0.331. The number of benzene rings is 1. The van der Waals surface area contributed by atoms with Crippen molar-refractivity contribution in [2.75, 3.05) is 7.11 Å². The van der Waals surface area contributed by atoms with Gasteiger partial charge in [0.25, 0.3) is 0 Å². The maximum absolute atomic E-state index is 5.84. The second-order valence-corrected chi connectivity index (χ2v) is 4.24. The lowest BCUT2D eigenvalue weighted by Crippen LogP contribution is -1.92. The molecule has 0 saturated carbocycles. The van der Waals surface area contributed by atoms with Crippen molar-refractivity contribution >= 4 is 23.2 Å². The normalized spacial score (nSPS) is 10.5. The first-order valence-corrected chi connectivity index (χ1v) is 5.73. The van der Waals surface area contributed by atoms with Crippen LogP contribution >= 0.6 is 23.2 Å². The van der Waals surface area contributed by atoms with Crippen LogP contribution in [0.4, 0.5) is 0 Å². The average molecular weight is 269 g/mol. The van der Waals surface area contributed by atoms with Crippen molar-refractivity contribution in [2.45, 2.75) is 6.61 Å². The molecule has 0 amide bonds. The van der Waals surface area contributed by atoms with E-state index in [1.54, 1.807) is 7.11 Å². The zero-order valence-corrected chi connectivity index (χ0v) is 10.7. The highest BCUT2D eigenvalue weighted by Gasteiger charge is 2.05. The van der Waals surface area contributed by atoms with Gasteiger partial charge >= 0.3 is 0 Å². The second-order valence-electron chi connectivity index (χ2n) is 3.47. The van der Waals surface area contributed by atoms with Gasteiger partial charge in [-0.2, -0.15) is 0 Å². The molecule has 2 aromatic rings. The Labute approximate surface area is 109 Å². The lowest BCUT2D eigenvalue weighted by atomic mass is 10.1. The van der Waals surface area contributed by atoms with Gasteiger partial charge in [-0.15, -0.1) is 0 Å². The SMILES string of the molecule is COCc1cccc(-c2nc(Cl)cc(Cl)n2)c1. The van der Waals surface area contributed by atoms with Crippen molar-refractivity contribution < 1.29 is 4.74 Å². The van der Waals surface area contributed by atoms with Crippen molar-refractivity contribution in [3.8, 4) is 11.4 Å². The molecular weight excluding hydrogens is 259 g/mol. The van der Waals surface area contributed by atoms with Crippen LogP contribution in [-0.2, 0) is 11.3 Å². The molecule has 1 heterocycles. The first-order valence-electron chi connectivity index (χ1n) is 4.97. The molecule has 0 fully saturated rings. The van der Waals surface area contributed by atoms with Crippen molar-refractivity contribution in [3.63, 3.8) is 0 Å². The lowest BCUT2D eigenvalue weighted by Gasteiger charge is -2.04. The number of hydrogen-bond donors (Lipinski definition) is 0. The van der Waals surface area contributed by atoms with Crippen molar-refractivity contribution in [1.29, 1.82) is 0 Å². The maximum atomic E-state index is 5.84. The minimum Gasteiger partial charge on any atom is -0.380 e. The molecule has 17 heavy (non-hydrogen) atoms. The second kappa shape index (κ2) is 5.45. The molecule has 0 radical (unpaired) electrons. The highest BCUT2D eigenvalue weighted by atomic mass is 35.5. The standard InChI is InChI=1S/C12H10Cl2N2O/c1-17-7-8-3-2-4-9(5-8)12-15-10(13)6-11(14)16-12/h2-6H,7H2,1H3. The molecule has 3 nitrogen and oxygen atoms in total. The summed E-state index contributed by atoms with van der Waals surface area (Å²) in [4.78, 5) is 8.27. The topological polar surface area (TPSA) is 35.0 Å². The smallest absolute Gasteiger partial charge is 0.162 e. The Hall–Kier alpha value is -1.16. The molecule has 88 valence electrons. The summed E-state index contributed by atoms with van der Waals surface area (Å²) in [5.74, 6) is 0.514. The number of halogens is 2. The summed E-state index contributed by atoms with van der Waals surface area (Å²) in [6.45, 7) is 0.544. The average Bonchev–Trinajstić information content (AvgIpc) is 2.28. The van der Waals surface area contributed by atoms with Gasteiger partial charge in [-0.25, -0.2) is 9.97 Å². The molecule has 0 aliphatic rings. The summed E-state index contributed by atoms with van der Waals surface area (Å²) in [7, 11) is 1.65. The van der Waals surface area contributed by atoms with Gasteiger partial charge in [0.15, 0.2) is 5.82 Å². The Bertz CT molecular complexity index is 511. The van der Waals surface area contributed by atoms with Gasteiger partial charge in [0.2, 0.25) is 0 Å². The summed E-state index contributed by atoms with van der Waals surface area (Å²) in [6.07, 6.45) is 0. The minimum absolute atomic E-state index is 0.331. The molecule has 0 aliphatic carbocycles. The monoisotopic (exact) mass is 268 g/mol. The van der Waals surface area contributed by atoms with Crippen LogP contribution in [0.5, 0.6) is 0 Å². The number of ether oxygens (including phenoxy) is 1. The number of hydrogen-bond acceptors (Lipinski definition) is 3. The van der Waals surface area contributed by atoms with Crippen LogP contribution in [0.25, 0.3) is 11.4 Å². The molecule has 1 aromatic heterocycles. The fourth-order valence-corrected chi connectivity index (χ4v) is 1.91. The number of rotatable bonds is 3. The van der Waals surface area contributed by atoms with Crippen LogP contribution in [-0.4, -0.2) is 17.1 Å². The third kappa shape index (κ3) is 3.16. The summed E-state index contributed by atoms with van der Waals surface area (Å²) >= 11 is 11.7. The summed E-state index contributed by atoms with van der Waals surface area (Å²) < 4.78 is 5.07. The number of aromatic nitrogens is 2. The fourth-order valence-electron chi connectivity index (χ4n) is 1.49. The van der Waals surface area contributed by atoms with E-state index in [0.717, 1.165) is 11.1 Å². The van der Waals surface area contributed by atoms with Crippen LogP contribution in [0.15, 0.2) is 30.3 Å². The number of methoxy groups -OCH3 is 1. The van der Waals surface area contributed by atoms with E-state index in [1.807, 2.05) is 24.3 Å². The van der Waals surface area contributed by atoms with Crippen LogP contribution in [0.3, 0.4) is 0 Å². The zero-order chi connectivity index (χ0) is 12.3. The van der Waals surface area contributed by atoms with E-state index in [1.165, 1.54) is 6.07 Å². The first-order chi connectivity index (χ1) is 8.19. The predicted molar refractivity (Wildman–Crippen MR) is 68.2 cm³/mol. The van der Waals surface area contributed by atoms with E-state index in [2.05, 4.69) is 9.97 Å². The van der Waals surface area contributed by atoms with Gasteiger partial charge in [0.1, 0.15) is 10.3 Å². The van der Waals surface area contributed by atoms with E-state index in [0.29, 0.717) is 22.7 Å². The van der Waals surface area contributed by atoms with Gasteiger partial charge in [-0.05, 0) is 11.6 Å². The molecule has 0 atom stereocenters. The Morgan fingerprint density at radius 2 is 1.82 bits per heavy atom. The molecule has 2 rings (SSSR count). The van der Waals surface area contributed by atoms with E-state index in [-0.39, 0.29) is 0 Å². The Morgan fingerprint density at radius 3 is 2.47 bits per heavy atom. The molecule has 5 heteroatoms. The quantitative estimate of drug-likeness (QED) is 0.798. The van der Waals surface area contributed by atoms with Crippen LogP contribution in [0, 0.1) is 0 Å². The lowest BCUT2D eigenvalue weighted by molar-refractivity contribution is 0.185. The Morgan fingerprint density at radius 1 is 1.12 bits per heavy atom. The largest absolute Gasteiger partial charge is 0.380 e. The van der Waals surface area contributed by atoms with Crippen molar-refractivity contribution in [2.24, 2.45) is 0 Å². The third-order valence-corrected chi connectivity index (χ3v) is 2.55. The molecule has 1 aromatic carbocycles. The van der Waals surface area contributed by atoms with Gasteiger partial charge in [-0.1, -0.05) is 41.4 Å². The van der Waals surface area contributed by atoms with Gasteiger partial charge < -0.3 is 4.74 Å². The maximum Gasteiger partial charge on any atom is 0.162 e. The summed E-state index contributed by atoms with van der Waals surface area (Å²) in [6, 6.07) is 9.25. The molecule has 0 N–H and O–H groups in total. The van der Waals surface area contributed by atoms with E-state index in [9.17, 15) is 0 Å². The van der Waals surface area contributed by atoms with Gasteiger partial charge in [0, 0.05) is 18.7 Å². The third-order valence-electron chi connectivity index (χ3n) is 2.16. The van der Waals surface area contributed by atoms with Crippen LogP contribution in [0.2, 0.25) is 10.3 Å². The first kappa shape index (κ1) is 12.3. The Kier molecular flexibility index (Phi) is 3.94. The highest BCUT2D eigenvalue weighted by Crippen LogP contribution is 2.21. The predicted octanol–water partition coefficient (Wildman–Crippen LogP) is 3.60. The van der Waals surface area contributed by atoms with E-state index >= 15 is 0 Å². The van der Waals surface area contributed by atoms with Crippen molar-refractivity contribution in [1.82, 2.24) is 9.97 Å². The molecule has 0 spiro atoms. The van der Waals surface area contributed by atoms with Crippen LogP contribution in [0.1, 0.15) is 5.56 Å². The zero-order valence-electron chi connectivity index (χ0n) is 9.15. The molecule has 0 aliphatic heterocycles. The molecule has 0 saturated heterocycles. The highest BCUT2D eigenvalue weighted by molar-refractivity contribution is 6.33. The van der Waals surface area contributed by atoms with E-state index in [4.69, 9.17) is 27.9 Å². The van der Waals surface area contributed by atoms with Gasteiger partial charge in [-0.3, -0.25) is 0 Å². The number of nitrogens with zero attached hydrogens (tertiary/aromatic N) is 2. The van der Waals surface area contributed by atoms with E-state index < -0.39 is 0 Å². The van der Waals surface area contributed by atoms with Gasteiger partial charge in [0.05, 0.1) is 6.61 Å². The fraction of sp³-hybridized carbons (Fsp3) is 0.167. The summed E-state index contributed by atoms with van der Waals surface area (Å²) in [5.41, 5.74) is 1.91. The summed E-state index contributed by atoms with van der Waals surface area (Å²) in [5, 5.41) is 0.661. The molecule has 0 bridgehead atoms. The Balaban J connectivity index is 2.41. The molecular formula is C12H10Cl2N2O. The molecule has 0 unspecified atom stereocenters.